The smallest absolute Gasteiger partial charge is 0.346 e. The molecule has 0 saturated carbocycles. The minimum absolute atomic E-state index is 0.0815. The van der Waals surface area contributed by atoms with Crippen LogP contribution in [0.25, 0.3) is 0 Å². The molecule has 3 nitrogen and oxygen atoms in total. The van der Waals surface area contributed by atoms with Crippen molar-refractivity contribution in [1.29, 1.82) is 0 Å². The lowest BCUT2D eigenvalue weighted by Crippen LogP contribution is -2.28. The molecule has 0 bridgehead atoms. The number of hydrogen-bond donors (Lipinski definition) is 0. The van der Waals surface area contributed by atoms with E-state index in [-0.39, 0.29) is 6.42 Å². The normalized spacial score (nSPS) is 19.9. The highest BCUT2D eigenvalue weighted by Crippen LogP contribution is 2.30. The van der Waals surface area contributed by atoms with E-state index >= 15 is 0 Å². The van der Waals surface area contributed by atoms with Crippen LogP contribution >= 0.6 is 0 Å². The zero-order valence-electron chi connectivity index (χ0n) is 7.62. The molecule has 0 N–H and O–H groups in total. The molecule has 0 radical (unpaired) electrons. The first kappa shape index (κ1) is 8.99. The molecular weight excluding hydrogens is 187 g/mol. The van der Waals surface area contributed by atoms with Crippen molar-refractivity contribution in [3.63, 3.8) is 0 Å². The van der Waals surface area contributed by atoms with E-state index in [2.05, 4.69) is 0 Å². The molecule has 1 atom stereocenters. The van der Waals surface area contributed by atoms with E-state index in [9.17, 15) is 9.18 Å². The van der Waals surface area contributed by atoms with Crippen molar-refractivity contribution in [1.82, 2.24) is 0 Å². The van der Waals surface area contributed by atoms with Gasteiger partial charge in [0.2, 0.25) is 6.17 Å². The van der Waals surface area contributed by atoms with Gasteiger partial charge in [-0.25, -0.2) is 9.18 Å². The Morgan fingerprint density at radius 1 is 1.57 bits per heavy atom. The van der Waals surface area contributed by atoms with Crippen LogP contribution in [-0.2, 0) is 11.2 Å². The first-order valence-corrected chi connectivity index (χ1v) is 4.23. The Balaban J connectivity index is 2.37. The SMILES string of the molecule is COc1ccc2c(c1)OC(=O)[C@@H](F)C2. The van der Waals surface area contributed by atoms with Gasteiger partial charge in [-0.1, -0.05) is 6.07 Å². The third-order valence-corrected chi connectivity index (χ3v) is 2.14. The summed E-state index contributed by atoms with van der Waals surface area (Å²) in [5.74, 6) is 0.155. The number of ether oxygens (including phenoxy) is 2. The maximum Gasteiger partial charge on any atom is 0.346 e. The largest absolute Gasteiger partial charge is 0.497 e. The van der Waals surface area contributed by atoms with E-state index in [1.54, 1.807) is 18.2 Å². The molecule has 14 heavy (non-hydrogen) atoms. The van der Waals surface area contributed by atoms with Crippen molar-refractivity contribution in [2.45, 2.75) is 12.6 Å². The number of halogens is 1. The van der Waals surface area contributed by atoms with Gasteiger partial charge in [0, 0.05) is 12.5 Å². The van der Waals surface area contributed by atoms with Crippen molar-refractivity contribution in [3.05, 3.63) is 23.8 Å². The number of carbonyl (C=O) groups is 1. The number of esters is 1. The molecule has 1 aliphatic rings. The second kappa shape index (κ2) is 3.29. The highest BCUT2D eigenvalue weighted by Gasteiger charge is 2.28. The Kier molecular flexibility index (Phi) is 2.11. The van der Waals surface area contributed by atoms with Crippen LogP contribution in [0.1, 0.15) is 5.56 Å². The van der Waals surface area contributed by atoms with Crippen LogP contribution in [0.4, 0.5) is 4.39 Å². The summed E-state index contributed by atoms with van der Waals surface area (Å²) >= 11 is 0. The van der Waals surface area contributed by atoms with Gasteiger partial charge in [0.05, 0.1) is 7.11 Å². The fraction of sp³-hybridized carbons (Fsp3) is 0.300. The summed E-state index contributed by atoms with van der Waals surface area (Å²) in [6.45, 7) is 0. The average Bonchev–Trinajstić information content (AvgIpc) is 2.19. The fourth-order valence-electron chi connectivity index (χ4n) is 1.37. The first-order valence-electron chi connectivity index (χ1n) is 4.23. The molecule has 0 amide bonds. The maximum atomic E-state index is 12.9. The molecule has 0 aliphatic carbocycles. The van der Waals surface area contributed by atoms with Crippen LogP contribution in [0, 0.1) is 0 Å². The Bertz CT molecular complexity index is 376. The third kappa shape index (κ3) is 1.43. The third-order valence-electron chi connectivity index (χ3n) is 2.14. The average molecular weight is 196 g/mol. The van der Waals surface area contributed by atoms with E-state index in [0.29, 0.717) is 17.1 Å². The van der Waals surface area contributed by atoms with Gasteiger partial charge in [0.25, 0.3) is 0 Å². The number of carbonyl (C=O) groups excluding carboxylic acids is 1. The number of alkyl halides is 1. The highest BCUT2D eigenvalue weighted by atomic mass is 19.1. The second-order valence-corrected chi connectivity index (χ2v) is 3.07. The van der Waals surface area contributed by atoms with Gasteiger partial charge >= 0.3 is 5.97 Å². The van der Waals surface area contributed by atoms with Crippen molar-refractivity contribution >= 4 is 5.97 Å². The molecule has 1 aliphatic heterocycles. The van der Waals surface area contributed by atoms with Crippen molar-refractivity contribution in [2.75, 3.05) is 7.11 Å². The molecule has 1 aromatic rings. The lowest BCUT2D eigenvalue weighted by molar-refractivity contribution is -0.141. The molecule has 0 fully saturated rings. The van der Waals surface area contributed by atoms with E-state index in [1.165, 1.54) is 7.11 Å². The van der Waals surface area contributed by atoms with Crippen molar-refractivity contribution in [3.8, 4) is 11.5 Å². The van der Waals surface area contributed by atoms with E-state index < -0.39 is 12.1 Å². The Hall–Kier alpha value is -1.58. The number of methoxy groups -OCH3 is 1. The van der Waals surface area contributed by atoms with Crippen molar-refractivity contribution in [2.24, 2.45) is 0 Å². The molecule has 0 saturated heterocycles. The summed E-state index contributed by atoms with van der Waals surface area (Å²) in [6.07, 6.45) is -1.46. The van der Waals surface area contributed by atoms with Gasteiger partial charge in [0.15, 0.2) is 0 Å². The molecule has 0 spiro atoms. The Morgan fingerprint density at radius 3 is 3.07 bits per heavy atom. The van der Waals surface area contributed by atoms with Crippen LogP contribution in [-0.4, -0.2) is 19.3 Å². The molecule has 2 rings (SSSR count). The van der Waals surface area contributed by atoms with Gasteiger partial charge in [-0.2, -0.15) is 0 Å². The molecule has 74 valence electrons. The summed E-state index contributed by atoms with van der Waals surface area (Å²) in [7, 11) is 1.52. The highest BCUT2D eigenvalue weighted by molar-refractivity contribution is 5.80. The van der Waals surface area contributed by atoms with Crippen molar-refractivity contribution < 1.29 is 18.7 Å². The number of fused-ring (bicyclic) bond motifs is 1. The van der Waals surface area contributed by atoms with Crippen LogP contribution in [0.15, 0.2) is 18.2 Å². The minimum Gasteiger partial charge on any atom is -0.497 e. The fourth-order valence-corrected chi connectivity index (χ4v) is 1.37. The predicted octanol–water partition coefficient (Wildman–Crippen LogP) is 1.49. The van der Waals surface area contributed by atoms with Crippen LogP contribution in [0.5, 0.6) is 11.5 Å². The first-order chi connectivity index (χ1) is 6.70. The second-order valence-electron chi connectivity index (χ2n) is 3.07. The summed E-state index contributed by atoms with van der Waals surface area (Å²) < 4.78 is 22.7. The van der Waals surface area contributed by atoms with Crippen LogP contribution in [0.3, 0.4) is 0 Å². The molecule has 1 aromatic carbocycles. The predicted molar refractivity (Wildman–Crippen MR) is 47.2 cm³/mol. The van der Waals surface area contributed by atoms with Gasteiger partial charge < -0.3 is 9.47 Å². The monoisotopic (exact) mass is 196 g/mol. The zero-order chi connectivity index (χ0) is 10.1. The maximum absolute atomic E-state index is 12.9. The van der Waals surface area contributed by atoms with Gasteiger partial charge in [-0.05, 0) is 11.6 Å². The Labute approximate surface area is 80.4 Å². The molecule has 1 heterocycles. The van der Waals surface area contributed by atoms with E-state index in [1.807, 2.05) is 0 Å². The number of rotatable bonds is 1. The van der Waals surface area contributed by atoms with Crippen LogP contribution in [0.2, 0.25) is 0 Å². The topological polar surface area (TPSA) is 35.5 Å². The standard InChI is InChI=1S/C10H9FO3/c1-13-7-3-2-6-4-8(11)10(12)14-9(6)5-7/h2-3,5,8H,4H2,1H3/t8-/m0/s1. The van der Waals surface area contributed by atoms with Gasteiger partial charge in [-0.15, -0.1) is 0 Å². The summed E-state index contributed by atoms with van der Waals surface area (Å²) in [4.78, 5) is 10.9. The zero-order valence-corrected chi connectivity index (χ0v) is 7.62. The van der Waals surface area contributed by atoms with Crippen LogP contribution < -0.4 is 9.47 Å². The van der Waals surface area contributed by atoms with Gasteiger partial charge in [0.1, 0.15) is 11.5 Å². The quantitative estimate of drug-likeness (QED) is 0.504. The number of benzene rings is 1. The lowest BCUT2D eigenvalue weighted by Gasteiger charge is -2.18. The lowest BCUT2D eigenvalue weighted by atomic mass is 10.0. The summed E-state index contributed by atoms with van der Waals surface area (Å²) in [6, 6.07) is 5.00. The molecule has 0 aromatic heterocycles. The minimum atomic E-state index is -1.55. The summed E-state index contributed by atoms with van der Waals surface area (Å²) in [5.41, 5.74) is 0.693. The summed E-state index contributed by atoms with van der Waals surface area (Å²) in [5, 5.41) is 0. The van der Waals surface area contributed by atoms with Gasteiger partial charge in [-0.3, -0.25) is 0 Å². The molecular formula is C10H9FO3. The Morgan fingerprint density at radius 2 is 2.36 bits per heavy atom. The van der Waals surface area contributed by atoms with E-state index in [4.69, 9.17) is 9.47 Å². The molecule has 4 heteroatoms. The molecule has 0 unspecified atom stereocenters. The number of hydrogen-bond acceptors (Lipinski definition) is 3. The van der Waals surface area contributed by atoms with E-state index in [0.717, 1.165) is 0 Å².